The number of imide groups is 1. The molecule has 1 aliphatic heterocycles. The monoisotopic (exact) mass is 422 g/mol. The Morgan fingerprint density at radius 1 is 0.966 bits per heavy atom. The Hall–Kier alpha value is -2.76. The highest BCUT2D eigenvalue weighted by Gasteiger charge is 2.36. The number of aromatic nitrogens is 1. The molecule has 0 N–H and O–H groups in total. The predicted molar refractivity (Wildman–Crippen MR) is 120 cm³/mol. The summed E-state index contributed by atoms with van der Waals surface area (Å²) < 4.78 is 2.12. The summed E-state index contributed by atoms with van der Waals surface area (Å²) in [4.78, 5) is 27.0. The van der Waals surface area contributed by atoms with Gasteiger partial charge in [-0.1, -0.05) is 35.9 Å². The minimum atomic E-state index is -0.296. The number of carbonyl (C=O) groups excluding carboxylic acids is 2. The van der Waals surface area contributed by atoms with Crippen LogP contribution in [0.1, 0.15) is 22.5 Å². The SMILES string of the molecule is Cc1c(Cl)cccc1-n1c(C)cc(/C=C2\SC(=O)N(c3ccccc3)C2=O)c1C. The first kappa shape index (κ1) is 19.6. The smallest absolute Gasteiger partial charge is 0.298 e. The molecule has 0 unspecified atom stereocenters. The molecule has 1 aliphatic rings. The molecule has 1 fully saturated rings. The molecule has 0 spiro atoms. The zero-order valence-electron chi connectivity index (χ0n) is 16.3. The predicted octanol–water partition coefficient (Wildman–Crippen LogP) is 6.30. The average molecular weight is 423 g/mol. The lowest BCUT2D eigenvalue weighted by atomic mass is 10.2. The van der Waals surface area contributed by atoms with Gasteiger partial charge in [-0.2, -0.15) is 0 Å². The second-order valence-corrected chi connectivity index (χ2v) is 8.30. The molecule has 0 bridgehead atoms. The summed E-state index contributed by atoms with van der Waals surface area (Å²) in [5.41, 5.74) is 5.50. The van der Waals surface area contributed by atoms with Crippen molar-refractivity contribution < 1.29 is 9.59 Å². The fraction of sp³-hybridized carbons (Fsp3) is 0.130. The first-order valence-electron chi connectivity index (χ1n) is 9.16. The normalized spacial score (nSPS) is 15.6. The minimum absolute atomic E-state index is 0.285. The molecular formula is C23H19ClN2O2S. The quantitative estimate of drug-likeness (QED) is 0.465. The van der Waals surface area contributed by atoms with Crippen LogP contribution in [0.15, 0.2) is 59.5 Å². The first-order chi connectivity index (χ1) is 13.9. The topological polar surface area (TPSA) is 42.3 Å². The molecule has 6 heteroatoms. The van der Waals surface area contributed by atoms with E-state index in [2.05, 4.69) is 4.57 Å². The highest BCUT2D eigenvalue weighted by molar-refractivity contribution is 8.19. The second kappa shape index (κ2) is 7.58. The lowest BCUT2D eigenvalue weighted by Gasteiger charge is -2.13. The van der Waals surface area contributed by atoms with Crippen LogP contribution < -0.4 is 4.90 Å². The van der Waals surface area contributed by atoms with Crippen LogP contribution in [0.2, 0.25) is 5.02 Å². The van der Waals surface area contributed by atoms with E-state index in [1.54, 1.807) is 18.2 Å². The molecule has 1 aromatic heterocycles. The summed E-state index contributed by atoms with van der Waals surface area (Å²) in [6.45, 7) is 6.00. The maximum absolute atomic E-state index is 12.9. The van der Waals surface area contributed by atoms with Crippen LogP contribution >= 0.6 is 23.4 Å². The lowest BCUT2D eigenvalue weighted by Crippen LogP contribution is -2.27. The number of hydrogen-bond donors (Lipinski definition) is 0. The Morgan fingerprint density at radius 3 is 2.41 bits per heavy atom. The van der Waals surface area contributed by atoms with Gasteiger partial charge in [0.15, 0.2) is 0 Å². The Morgan fingerprint density at radius 2 is 1.69 bits per heavy atom. The molecule has 2 aromatic carbocycles. The molecule has 0 aliphatic carbocycles. The van der Waals surface area contributed by atoms with Crippen LogP contribution in [0.3, 0.4) is 0 Å². The number of halogens is 1. The number of anilines is 1. The molecule has 0 saturated carbocycles. The molecular weight excluding hydrogens is 404 g/mol. The number of benzene rings is 2. The Bertz CT molecular complexity index is 1170. The van der Waals surface area contributed by atoms with E-state index in [9.17, 15) is 9.59 Å². The summed E-state index contributed by atoms with van der Waals surface area (Å²) >= 11 is 7.27. The summed E-state index contributed by atoms with van der Waals surface area (Å²) in [5, 5.41) is 0.424. The van der Waals surface area contributed by atoms with E-state index in [0.717, 1.165) is 40.0 Å². The maximum Gasteiger partial charge on any atom is 0.298 e. The van der Waals surface area contributed by atoms with Crippen molar-refractivity contribution in [1.29, 1.82) is 0 Å². The number of rotatable bonds is 3. The fourth-order valence-corrected chi connectivity index (χ4v) is 4.55. The van der Waals surface area contributed by atoms with E-state index >= 15 is 0 Å². The van der Waals surface area contributed by atoms with Gasteiger partial charge in [0, 0.05) is 22.1 Å². The Labute approximate surface area is 178 Å². The molecule has 3 aromatic rings. The van der Waals surface area contributed by atoms with Gasteiger partial charge in [-0.15, -0.1) is 0 Å². The lowest BCUT2D eigenvalue weighted by molar-refractivity contribution is -0.113. The first-order valence-corrected chi connectivity index (χ1v) is 10.4. The van der Waals surface area contributed by atoms with Gasteiger partial charge in [0.1, 0.15) is 0 Å². The average Bonchev–Trinajstić information content (AvgIpc) is 3.13. The van der Waals surface area contributed by atoms with E-state index in [1.807, 2.05) is 63.2 Å². The number of nitrogens with zero attached hydrogens (tertiary/aromatic N) is 2. The van der Waals surface area contributed by atoms with Crippen LogP contribution in [0.5, 0.6) is 0 Å². The fourth-order valence-electron chi connectivity index (χ4n) is 3.55. The van der Waals surface area contributed by atoms with Crippen molar-refractivity contribution in [2.45, 2.75) is 20.8 Å². The van der Waals surface area contributed by atoms with Crippen molar-refractivity contribution in [3.63, 3.8) is 0 Å². The number of thioether (sulfide) groups is 1. The van der Waals surface area contributed by atoms with Crippen molar-refractivity contribution >= 4 is 46.3 Å². The zero-order chi connectivity index (χ0) is 20.7. The van der Waals surface area contributed by atoms with Crippen molar-refractivity contribution in [2.24, 2.45) is 0 Å². The number of hydrogen-bond acceptors (Lipinski definition) is 3. The van der Waals surface area contributed by atoms with E-state index in [1.165, 1.54) is 4.90 Å². The summed E-state index contributed by atoms with van der Waals surface area (Å²) in [7, 11) is 0. The molecule has 146 valence electrons. The second-order valence-electron chi connectivity index (χ2n) is 6.90. The maximum atomic E-state index is 12.9. The van der Waals surface area contributed by atoms with Crippen LogP contribution in [0.4, 0.5) is 10.5 Å². The summed E-state index contributed by atoms with van der Waals surface area (Å²) in [6, 6.07) is 16.8. The third-order valence-corrected chi connectivity index (χ3v) is 6.32. The van der Waals surface area contributed by atoms with E-state index in [0.29, 0.717) is 15.6 Å². The molecule has 0 atom stereocenters. The highest BCUT2D eigenvalue weighted by atomic mass is 35.5. The third kappa shape index (κ3) is 3.41. The van der Waals surface area contributed by atoms with Crippen LogP contribution in [-0.2, 0) is 4.79 Å². The van der Waals surface area contributed by atoms with Gasteiger partial charge >= 0.3 is 0 Å². The van der Waals surface area contributed by atoms with Crippen molar-refractivity contribution in [2.75, 3.05) is 4.90 Å². The van der Waals surface area contributed by atoms with Crippen molar-refractivity contribution in [1.82, 2.24) is 4.57 Å². The zero-order valence-corrected chi connectivity index (χ0v) is 17.8. The summed E-state index contributed by atoms with van der Waals surface area (Å²) in [6.07, 6.45) is 1.80. The van der Waals surface area contributed by atoms with Crippen molar-refractivity contribution in [3.8, 4) is 5.69 Å². The van der Waals surface area contributed by atoms with Gasteiger partial charge in [0.2, 0.25) is 0 Å². The van der Waals surface area contributed by atoms with E-state index < -0.39 is 0 Å². The van der Waals surface area contributed by atoms with Crippen LogP contribution in [0, 0.1) is 20.8 Å². The van der Waals surface area contributed by atoms with Gasteiger partial charge < -0.3 is 4.57 Å². The van der Waals surface area contributed by atoms with Crippen LogP contribution in [0.25, 0.3) is 11.8 Å². The Kier molecular flexibility index (Phi) is 5.11. The van der Waals surface area contributed by atoms with E-state index in [-0.39, 0.29) is 11.1 Å². The molecule has 2 amide bonds. The molecule has 2 heterocycles. The number of aryl methyl sites for hydroxylation is 1. The summed E-state index contributed by atoms with van der Waals surface area (Å²) in [5.74, 6) is -0.296. The molecule has 1 saturated heterocycles. The molecule has 0 radical (unpaired) electrons. The van der Waals surface area contributed by atoms with Gasteiger partial charge in [0.25, 0.3) is 11.1 Å². The van der Waals surface area contributed by atoms with Crippen molar-refractivity contribution in [3.05, 3.63) is 87.0 Å². The van der Waals surface area contributed by atoms with Gasteiger partial charge in [-0.05, 0) is 80.1 Å². The third-order valence-electron chi connectivity index (χ3n) is 5.04. The van der Waals surface area contributed by atoms with Crippen LogP contribution in [-0.4, -0.2) is 15.7 Å². The number of para-hydroxylation sites is 1. The largest absolute Gasteiger partial charge is 0.318 e. The molecule has 4 nitrogen and oxygen atoms in total. The number of amides is 2. The standard InChI is InChI=1S/C23H19ClN2O2S/c1-14-12-17(16(3)25(14)20-11-7-10-19(24)15(20)2)13-21-22(27)26(23(28)29-21)18-8-5-4-6-9-18/h4-13H,1-3H3/b21-13-. The Balaban J connectivity index is 1.74. The minimum Gasteiger partial charge on any atom is -0.318 e. The van der Waals surface area contributed by atoms with Gasteiger partial charge in [-0.25, -0.2) is 4.90 Å². The van der Waals surface area contributed by atoms with Gasteiger partial charge in [0.05, 0.1) is 10.6 Å². The van der Waals surface area contributed by atoms with Gasteiger partial charge in [-0.3, -0.25) is 9.59 Å². The molecule has 4 rings (SSSR count). The highest BCUT2D eigenvalue weighted by Crippen LogP contribution is 2.37. The number of carbonyl (C=O) groups is 2. The molecule has 29 heavy (non-hydrogen) atoms. The van der Waals surface area contributed by atoms with E-state index in [4.69, 9.17) is 11.6 Å².